The van der Waals surface area contributed by atoms with Crippen LogP contribution in [0.15, 0.2) is 24.3 Å². The number of para-hydroxylation sites is 1. The number of carbonyl (C=O) groups excluding carboxylic acids is 2. The van der Waals surface area contributed by atoms with Crippen LogP contribution in [-0.2, 0) is 20.7 Å². The number of aryl methyl sites for hydroxylation is 1. The lowest BCUT2D eigenvalue weighted by Gasteiger charge is -2.19. The van der Waals surface area contributed by atoms with E-state index in [0.717, 1.165) is 37.0 Å². The fourth-order valence-electron chi connectivity index (χ4n) is 3.30. The summed E-state index contributed by atoms with van der Waals surface area (Å²) in [7, 11) is 0. The minimum atomic E-state index is -0.757. The molecule has 5 nitrogen and oxygen atoms in total. The van der Waals surface area contributed by atoms with Crippen molar-refractivity contribution in [3.8, 4) is 5.75 Å². The number of ether oxygens (including phenoxy) is 2. The molecule has 1 aromatic carbocycles. The van der Waals surface area contributed by atoms with Gasteiger partial charge in [0.15, 0.2) is 6.10 Å². The number of hydrogen-bond acceptors (Lipinski definition) is 4. The molecule has 26 heavy (non-hydrogen) atoms. The largest absolute Gasteiger partial charge is 0.494 e. The maximum atomic E-state index is 12.3. The van der Waals surface area contributed by atoms with Gasteiger partial charge in [0.2, 0.25) is 0 Å². The van der Waals surface area contributed by atoms with Crippen LogP contribution in [0.25, 0.3) is 0 Å². The van der Waals surface area contributed by atoms with Gasteiger partial charge >= 0.3 is 5.97 Å². The monoisotopic (exact) mass is 361 g/mol. The lowest BCUT2D eigenvalue weighted by molar-refractivity contribution is -0.155. The fourth-order valence-corrected chi connectivity index (χ4v) is 3.30. The van der Waals surface area contributed by atoms with Crippen molar-refractivity contribution in [1.29, 1.82) is 0 Å². The van der Waals surface area contributed by atoms with Gasteiger partial charge in [-0.15, -0.1) is 0 Å². The van der Waals surface area contributed by atoms with Crippen LogP contribution in [0.5, 0.6) is 5.75 Å². The Labute approximate surface area is 156 Å². The number of esters is 1. The Morgan fingerprint density at radius 1 is 1.15 bits per heavy atom. The molecular formula is C21H31NO4. The number of hydrogen-bond donors (Lipinski definition) is 1. The highest BCUT2D eigenvalue weighted by Gasteiger charge is 2.21. The molecule has 1 saturated carbocycles. The molecule has 1 aliphatic rings. The van der Waals surface area contributed by atoms with Crippen molar-refractivity contribution in [2.24, 2.45) is 0 Å². The molecule has 2 rings (SSSR count). The lowest BCUT2D eigenvalue weighted by atomic mass is 10.1. The zero-order valence-corrected chi connectivity index (χ0v) is 16.0. The maximum absolute atomic E-state index is 12.3. The van der Waals surface area contributed by atoms with E-state index in [4.69, 9.17) is 9.47 Å². The summed E-state index contributed by atoms with van der Waals surface area (Å²) in [6.45, 7) is 4.15. The predicted molar refractivity (Wildman–Crippen MR) is 101 cm³/mol. The highest BCUT2D eigenvalue weighted by atomic mass is 16.5. The van der Waals surface area contributed by atoms with E-state index >= 15 is 0 Å². The summed E-state index contributed by atoms with van der Waals surface area (Å²) in [4.78, 5) is 24.4. The average Bonchev–Trinajstić information content (AvgIpc) is 2.90. The second-order valence-corrected chi connectivity index (χ2v) is 6.87. The molecule has 1 fully saturated rings. The molecule has 144 valence electrons. The van der Waals surface area contributed by atoms with E-state index in [-0.39, 0.29) is 24.3 Å². The molecule has 1 aromatic rings. The van der Waals surface area contributed by atoms with Gasteiger partial charge in [-0.1, -0.05) is 43.9 Å². The van der Waals surface area contributed by atoms with Crippen molar-refractivity contribution in [2.75, 3.05) is 6.61 Å². The second kappa shape index (κ2) is 10.8. The first-order chi connectivity index (χ1) is 12.6. The fraction of sp³-hybridized carbons (Fsp3) is 0.619. The number of benzene rings is 1. The summed E-state index contributed by atoms with van der Waals surface area (Å²) in [5.74, 6) is 0.238. The molecule has 1 amide bonds. The summed E-state index contributed by atoms with van der Waals surface area (Å²) in [6, 6.07) is 7.89. The number of carbonyl (C=O) groups is 2. The molecule has 0 aromatic heterocycles. The van der Waals surface area contributed by atoms with Crippen molar-refractivity contribution in [3.05, 3.63) is 29.8 Å². The van der Waals surface area contributed by atoms with E-state index < -0.39 is 6.10 Å². The van der Waals surface area contributed by atoms with Gasteiger partial charge in [0, 0.05) is 12.5 Å². The van der Waals surface area contributed by atoms with Gasteiger partial charge in [-0.25, -0.2) is 0 Å². The van der Waals surface area contributed by atoms with Gasteiger partial charge < -0.3 is 14.8 Å². The summed E-state index contributed by atoms with van der Waals surface area (Å²) < 4.78 is 10.9. The second-order valence-electron chi connectivity index (χ2n) is 6.87. The van der Waals surface area contributed by atoms with Crippen molar-refractivity contribution < 1.29 is 19.1 Å². The smallest absolute Gasteiger partial charge is 0.306 e. The topological polar surface area (TPSA) is 64.6 Å². The van der Waals surface area contributed by atoms with Crippen LogP contribution in [0.4, 0.5) is 0 Å². The van der Waals surface area contributed by atoms with Crippen molar-refractivity contribution >= 4 is 11.9 Å². The molecule has 1 N–H and O–H groups in total. The number of amides is 1. The zero-order chi connectivity index (χ0) is 18.8. The first kappa shape index (κ1) is 20.3. The summed E-state index contributed by atoms with van der Waals surface area (Å²) in [5.41, 5.74) is 0.974. The van der Waals surface area contributed by atoms with Gasteiger partial charge in [0.05, 0.1) is 6.61 Å². The molecule has 0 heterocycles. The molecule has 5 heteroatoms. The normalized spacial score (nSPS) is 16.4. The lowest BCUT2D eigenvalue weighted by Crippen LogP contribution is -2.41. The van der Waals surface area contributed by atoms with E-state index in [2.05, 4.69) is 5.32 Å². The summed E-state index contributed by atoms with van der Waals surface area (Å²) >= 11 is 0. The molecule has 1 aliphatic carbocycles. The van der Waals surface area contributed by atoms with Crippen molar-refractivity contribution in [1.82, 2.24) is 5.32 Å². The van der Waals surface area contributed by atoms with Crippen molar-refractivity contribution in [3.63, 3.8) is 0 Å². The Balaban J connectivity index is 1.76. The third-order valence-corrected chi connectivity index (χ3v) is 4.75. The van der Waals surface area contributed by atoms with Crippen LogP contribution in [-0.4, -0.2) is 30.6 Å². The molecule has 0 radical (unpaired) electrons. The summed E-state index contributed by atoms with van der Waals surface area (Å²) in [5, 5.41) is 3.03. The van der Waals surface area contributed by atoms with Crippen LogP contribution in [0.1, 0.15) is 64.4 Å². The van der Waals surface area contributed by atoms with Gasteiger partial charge in [0.25, 0.3) is 5.91 Å². The van der Waals surface area contributed by atoms with Crippen LogP contribution >= 0.6 is 0 Å². The predicted octanol–water partition coefficient (Wildman–Crippen LogP) is 3.79. The Morgan fingerprint density at radius 3 is 2.54 bits per heavy atom. The number of nitrogens with one attached hydrogen (secondary N) is 1. The van der Waals surface area contributed by atoms with Gasteiger partial charge in [0.1, 0.15) is 5.75 Å². The Bertz CT molecular complexity index is 579. The molecule has 0 unspecified atom stereocenters. The highest BCUT2D eigenvalue weighted by Crippen LogP contribution is 2.20. The van der Waals surface area contributed by atoms with Crippen LogP contribution < -0.4 is 10.1 Å². The van der Waals surface area contributed by atoms with E-state index in [1.54, 1.807) is 6.92 Å². The molecule has 1 atom stereocenters. The van der Waals surface area contributed by atoms with E-state index in [1.165, 1.54) is 12.8 Å². The van der Waals surface area contributed by atoms with Crippen LogP contribution in [0, 0.1) is 0 Å². The quantitative estimate of drug-likeness (QED) is 0.565. The zero-order valence-electron chi connectivity index (χ0n) is 16.0. The van der Waals surface area contributed by atoms with E-state index in [0.29, 0.717) is 13.0 Å². The Morgan fingerprint density at radius 2 is 1.85 bits per heavy atom. The van der Waals surface area contributed by atoms with Gasteiger partial charge in [-0.3, -0.25) is 9.59 Å². The third kappa shape index (κ3) is 6.70. The maximum Gasteiger partial charge on any atom is 0.306 e. The molecule has 0 bridgehead atoms. The van der Waals surface area contributed by atoms with Gasteiger partial charge in [-0.05, 0) is 44.7 Å². The van der Waals surface area contributed by atoms with Crippen molar-refractivity contribution in [2.45, 2.75) is 77.4 Å². The molecular weight excluding hydrogens is 330 g/mol. The summed E-state index contributed by atoms with van der Waals surface area (Å²) in [6.07, 6.45) is 6.81. The first-order valence-electron chi connectivity index (χ1n) is 9.80. The molecule has 0 aliphatic heterocycles. The highest BCUT2D eigenvalue weighted by molar-refractivity contribution is 5.83. The Hall–Kier alpha value is -2.04. The number of rotatable bonds is 8. The van der Waals surface area contributed by atoms with Crippen LogP contribution in [0.2, 0.25) is 0 Å². The standard InChI is InChI=1S/C21H31NO4/c1-3-25-19-13-9-8-10-17(19)14-15-20(23)26-16(2)21(24)22-18-11-6-4-5-7-12-18/h8-10,13,16,18H,3-7,11-12,14-15H2,1-2H3,(H,22,24)/t16-/m1/s1. The first-order valence-corrected chi connectivity index (χ1v) is 9.80. The molecule has 0 saturated heterocycles. The SMILES string of the molecule is CCOc1ccccc1CCC(=O)O[C@H](C)C(=O)NC1CCCCCC1. The third-order valence-electron chi connectivity index (χ3n) is 4.75. The van der Waals surface area contributed by atoms with Gasteiger partial charge in [-0.2, -0.15) is 0 Å². The van der Waals surface area contributed by atoms with E-state index in [1.807, 2.05) is 31.2 Å². The van der Waals surface area contributed by atoms with E-state index in [9.17, 15) is 9.59 Å². The Kier molecular flexibility index (Phi) is 8.45. The minimum absolute atomic E-state index is 0.194. The average molecular weight is 361 g/mol. The molecule has 0 spiro atoms. The minimum Gasteiger partial charge on any atom is -0.494 e. The van der Waals surface area contributed by atoms with Crippen LogP contribution in [0.3, 0.4) is 0 Å².